The van der Waals surface area contributed by atoms with Crippen LogP contribution in [0.25, 0.3) is 0 Å². The average Bonchev–Trinajstić information content (AvgIpc) is 2.46. The first-order valence-electron chi connectivity index (χ1n) is 6.98. The van der Waals surface area contributed by atoms with Crippen molar-refractivity contribution in [3.05, 3.63) is 0 Å². The Morgan fingerprint density at radius 3 is 2.71 bits per heavy atom. The van der Waals surface area contributed by atoms with Crippen molar-refractivity contribution in [1.82, 2.24) is 15.1 Å². The van der Waals surface area contributed by atoms with Gasteiger partial charge in [-0.2, -0.15) is 0 Å². The number of likely N-dealkylation sites (N-methyl/N-ethyl adjacent to an activating group) is 1. The Hall–Kier alpha value is -1.83. The Balaban J connectivity index is 2.72. The monoisotopic (exact) mass is 301 g/mol. The lowest BCUT2D eigenvalue weighted by Gasteiger charge is -2.37. The molecule has 2 unspecified atom stereocenters. The van der Waals surface area contributed by atoms with Crippen LogP contribution in [0.4, 0.5) is 4.79 Å². The third-order valence-electron chi connectivity index (χ3n) is 3.32. The first-order valence-corrected chi connectivity index (χ1v) is 6.98. The van der Waals surface area contributed by atoms with Gasteiger partial charge in [-0.15, -0.1) is 0 Å². The predicted octanol–water partition coefficient (Wildman–Crippen LogP) is -0.404. The molecule has 8 heteroatoms. The maximum Gasteiger partial charge on any atom is 0.320 e. The predicted molar refractivity (Wildman–Crippen MR) is 74.8 cm³/mol. The number of carboxylic acid groups (broad SMARTS) is 1. The second-order valence-electron chi connectivity index (χ2n) is 5.08. The summed E-state index contributed by atoms with van der Waals surface area (Å²) < 4.78 is 5.26. The number of aliphatic carboxylic acids is 1. The summed E-state index contributed by atoms with van der Waals surface area (Å²) in [6.45, 7) is 4.73. The Morgan fingerprint density at radius 1 is 1.48 bits per heavy atom. The second kappa shape index (κ2) is 7.82. The van der Waals surface area contributed by atoms with Gasteiger partial charge in [-0.05, 0) is 6.92 Å². The van der Waals surface area contributed by atoms with Crippen LogP contribution in [0.5, 0.6) is 0 Å². The van der Waals surface area contributed by atoms with Crippen molar-refractivity contribution in [1.29, 1.82) is 0 Å². The van der Waals surface area contributed by atoms with E-state index in [0.29, 0.717) is 19.7 Å². The zero-order chi connectivity index (χ0) is 16.0. The lowest BCUT2D eigenvalue weighted by molar-refractivity contribution is -0.141. The molecule has 2 atom stereocenters. The van der Waals surface area contributed by atoms with E-state index in [1.54, 1.807) is 6.92 Å². The first kappa shape index (κ1) is 17.2. The molecule has 0 bridgehead atoms. The fourth-order valence-electron chi connectivity index (χ4n) is 2.13. The van der Waals surface area contributed by atoms with E-state index >= 15 is 0 Å². The van der Waals surface area contributed by atoms with Crippen molar-refractivity contribution in [3.8, 4) is 0 Å². The molecule has 0 aromatic rings. The minimum atomic E-state index is -0.961. The van der Waals surface area contributed by atoms with Crippen LogP contribution in [0.3, 0.4) is 0 Å². The van der Waals surface area contributed by atoms with Gasteiger partial charge < -0.3 is 25.0 Å². The second-order valence-corrected chi connectivity index (χ2v) is 5.08. The highest BCUT2D eigenvalue weighted by Crippen LogP contribution is 2.11. The SMILES string of the molecule is CCNC(=O)C1COCCN1C(=O)N(C)CC(C)C(=O)O. The van der Waals surface area contributed by atoms with Crippen LogP contribution in [-0.2, 0) is 14.3 Å². The Morgan fingerprint density at radius 2 is 2.14 bits per heavy atom. The third-order valence-corrected chi connectivity index (χ3v) is 3.32. The summed E-state index contributed by atoms with van der Waals surface area (Å²) in [6, 6.07) is -1.03. The lowest BCUT2D eigenvalue weighted by atomic mass is 10.1. The highest BCUT2D eigenvalue weighted by atomic mass is 16.5. The maximum absolute atomic E-state index is 12.4. The number of rotatable bonds is 5. The fraction of sp³-hybridized carbons (Fsp3) is 0.769. The van der Waals surface area contributed by atoms with Gasteiger partial charge in [0.15, 0.2) is 0 Å². The van der Waals surface area contributed by atoms with E-state index < -0.39 is 17.9 Å². The highest BCUT2D eigenvalue weighted by Gasteiger charge is 2.34. The van der Waals surface area contributed by atoms with Gasteiger partial charge in [-0.3, -0.25) is 9.59 Å². The Bertz CT molecular complexity index is 401. The van der Waals surface area contributed by atoms with Gasteiger partial charge in [0.25, 0.3) is 0 Å². The topological polar surface area (TPSA) is 99.2 Å². The standard InChI is InChI=1S/C13H23N3O5/c1-4-14-11(17)10-8-21-6-5-16(10)13(20)15(3)7-9(2)12(18)19/h9-10H,4-8H2,1-3H3,(H,14,17)(H,18,19). The molecular weight excluding hydrogens is 278 g/mol. The molecule has 0 spiro atoms. The summed E-state index contributed by atoms with van der Waals surface area (Å²) in [7, 11) is 1.53. The summed E-state index contributed by atoms with van der Waals surface area (Å²) >= 11 is 0. The molecule has 2 N–H and O–H groups in total. The van der Waals surface area contributed by atoms with Crippen LogP contribution in [-0.4, -0.2) is 78.8 Å². The summed E-state index contributed by atoms with van der Waals surface area (Å²) in [5, 5.41) is 11.6. The summed E-state index contributed by atoms with van der Waals surface area (Å²) in [5.41, 5.74) is 0. The number of nitrogens with zero attached hydrogens (tertiary/aromatic N) is 2. The third kappa shape index (κ3) is 4.59. The average molecular weight is 301 g/mol. The normalized spacial score (nSPS) is 19.8. The highest BCUT2D eigenvalue weighted by molar-refractivity contribution is 5.87. The van der Waals surface area contributed by atoms with Crippen LogP contribution in [0.1, 0.15) is 13.8 Å². The number of urea groups is 1. The van der Waals surface area contributed by atoms with E-state index in [1.165, 1.54) is 23.8 Å². The number of hydrogen-bond acceptors (Lipinski definition) is 4. The number of hydrogen-bond donors (Lipinski definition) is 2. The molecule has 1 aliphatic heterocycles. The molecule has 21 heavy (non-hydrogen) atoms. The van der Waals surface area contributed by atoms with Crippen molar-refractivity contribution >= 4 is 17.9 Å². The zero-order valence-corrected chi connectivity index (χ0v) is 12.7. The zero-order valence-electron chi connectivity index (χ0n) is 12.7. The van der Waals surface area contributed by atoms with E-state index in [1.807, 2.05) is 0 Å². The van der Waals surface area contributed by atoms with Gasteiger partial charge in [-0.1, -0.05) is 6.92 Å². The maximum atomic E-state index is 12.4. The van der Waals surface area contributed by atoms with Gasteiger partial charge in [-0.25, -0.2) is 4.79 Å². The summed E-state index contributed by atoms with van der Waals surface area (Å²) in [6.07, 6.45) is 0. The molecule has 0 aromatic heterocycles. The van der Waals surface area contributed by atoms with Gasteiger partial charge in [0.05, 0.1) is 19.1 Å². The molecule has 0 radical (unpaired) electrons. The fourth-order valence-corrected chi connectivity index (χ4v) is 2.13. The molecule has 1 aliphatic rings. The van der Waals surface area contributed by atoms with Crippen LogP contribution in [0, 0.1) is 5.92 Å². The van der Waals surface area contributed by atoms with Crippen LogP contribution in [0.15, 0.2) is 0 Å². The number of amides is 3. The smallest absolute Gasteiger partial charge is 0.320 e. The van der Waals surface area contributed by atoms with Crippen LogP contribution in [0.2, 0.25) is 0 Å². The number of carbonyl (C=O) groups excluding carboxylic acids is 2. The van der Waals surface area contributed by atoms with E-state index in [-0.39, 0.29) is 25.1 Å². The quantitative estimate of drug-likeness (QED) is 0.719. The van der Waals surface area contributed by atoms with Crippen molar-refractivity contribution in [2.75, 3.05) is 39.9 Å². The minimum absolute atomic E-state index is 0.0909. The lowest BCUT2D eigenvalue weighted by Crippen LogP contribution is -2.58. The van der Waals surface area contributed by atoms with Crippen LogP contribution < -0.4 is 5.32 Å². The van der Waals surface area contributed by atoms with E-state index in [4.69, 9.17) is 9.84 Å². The number of carbonyl (C=O) groups is 3. The molecule has 0 aromatic carbocycles. The molecule has 1 saturated heterocycles. The molecule has 1 rings (SSSR count). The van der Waals surface area contributed by atoms with E-state index in [2.05, 4.69) is 5.32 Å². The molecule has 8 nitrogen and oxygen atoms in total. The molecule has 0 aliphatic carbocycles. The molecule has 1 heterocycles. The van der Waals surface area contributed by atoms with Crippen LogP contribution >= 0.6 is 0 Å². The molecule has 120 valence electrons. The Kier molecular flexibility index (Phi) is 6.41. The number of ether oxygens (including phenoxy) is 1. The Labute approximate surface area is 124 Å². The van der Waals surface area contributed by atoms with Gasteiger partial charge >= 0.3 is 12.0 Å². The van der Waals surface area contributed by atoms with Crippen molar-refractivity contribution in [2.24, 2.45) is 5.92 Å². The largest absolute Gasteiger partial charge is 0.481 e. The van der Waals surface area contributed by atoms with Crippen molar-refractivity contribution in [3.63, 3.8) is 0 Å². The van der Waals surface area contributed by atoms with Crippen molar-refractivity contribution in [2.45, 2.75) is 19.9 Å². The molecule has 0 saturated carbocycles. The summed E-state index contributed by atoms with van der Waals surface area (Å²) in [4.78, 5) is 38.0. The molecule has 3 amide bonds. The number of nitrogens with one attached hydrogen (secondary N) is 1. The van der Waals surface area contributed by atoms with E-state index in [9.17, 15) is 14.4 Å². The summed E-state index contributed by atoms with van der Waals surface area (Å²) in [5.74, 6) is -1.88. The van der Waals surface area contributed by atoms with Gasteiger partial charge in [0.2, 0.25) is 5.91 Å². The minimum Gasteiger partial charge on any atom is -0.481 e. The molecular formula is C13H23N3O5. The number of carboxylic acids is 1. The first-order chi connectivity index (χ1) is 9.88. The van der Waals surface area contributed by atoms with Gasteiger partial charge in [0.1, 0.15) is 6.04 Å². The van der Waals surface area contributed by atoms with Crippen molar-refractivity contribution < 1.29 is 24.2 Å². The molecule has 1 fully saturated rings. The number of morpholine rings is 1. The van der Waals surface area contributed by atoms with Gasteiger partial charge in [0, 0.05) is 26.7 Å². The van der Waals surface area contributed by atoms with E-state index in [0.717, 1.165) is 0 Å².